The summed E-state index contributed by atoms with van der Waals surface area (Å²) in [5.41, 5.74) is 4.93. The average molecular weight is 175 g/mol. The van der Waals surface area contributed by atoms with Gasteiger partial charge >= 0.3 is 0 Å². The second-order valence-electron chi connectivity index (χ2n) is 2.61. The molecule has 0 aromatic carbocycles. The van der Waals surface area contributed by atoms with Crippen LogP contribution < -0.4 is 5.73 Å². The molecule has 0 heterocycles. The molecule has 0 spiro atoms. The smallest absolute Gasteiger partial charge is 0.217 e. The largest absolute Gasteiger partial charge is 0.396 e. The molecule has 0 aromatic rings. The Hall–Kier alpha value is -0.610. The Labute approximate surface area is 72.7 Å². The predicted molar refractivity (Wildman–Crippen MR) is 45.6 cm³/mol. The Morgan fingerprint density at radius 3 is 2.50 bits per heavy atom. The second kappa shape index (κ2) is 8.49. The van der Waals surface area contributed by atoms with Gasteiger partial charge < -0.3 is 15.6 Å². The minimum absolute atomic E-state index is 0.213. The average Bonchev–Trinajstić information content (AvgIpc) is 2.02. The van der Waals surface area contributed by atoms with E-state index in [2.05, 4.69) is 0 Å². The fraction of sp³-hybridized carbons (Fsp3) is 0.875. The van der Waals surface area contributed by atoms with Crippen molar-refractivity contribution in [2.45, 2.75) is 25.7 Å². The summed E-state index contributed by atoms with van der Waals surface area (Å²) >= 11 is 0. The van der Waals surface area contributed by atoms with Crippen molar-refractivity contribution in [3.05, 3.63) is 0 Å². The molecule has 0 saturated heterocycles. The van der Waals surface area contributed by atoms with Gasteiger partial charge in [0.1, 0.15) is 0 Å². The van der Waals surface area contributed by atoms with Crippen LogP contribution in [0.5, 0.6) is 0 Å². The lowest BCUT2D eigenvalue weighted by molar-refractivity contribution is -0.118. The number of carbonyl (C=O) groups is 1. The normalized spacial score (nSPS) is 10.1. The van der Waals surface area contributed by atoms with Gasteiger partial charge in [-0.3, -0.25) is 4.79 Å². The van der Waals surface area contributed by atoms with Crippen molar-refractivity contribution in [2.24, 2.45) is 5.73 Å². The Morgan fingerprint density at radius 2 is 1.92 bits per heavy atom. The van der Waals surface area contributed by atoms with E-state index in [1.807, 2.05) is 0 Å². The van der Waals surface area contributed by atoms with Crippen LogP contribution in [0.15, 0.2) is 0 Å². The lowest BCUT2D eigenvalue weighted by Gasteiger charge is -2.01. The van der Waals surface area contributed by atoms with E-state index < -0.39 is 0 Å². The van der Waals surface area contributed by atoms with E-state index in [1.165, 1.54) is 0 Å². The molecule has 0 aliphatic rings. The van der Waals surface area contributed by atoms with Crippen molar-refractivity contribution in [1.82, 2.24) is 0 Å². The molecule has 0 bridgehead atoms. The number of hydrogen-bond acceptors (Lipinski definition) is 3. The van der Waals surface area contributed by atoms with Crippen LogP contribution in [-0.2, 0) is 9.53 Å². The molecule has 0 atom stereocenters. The molecule has 4 heteroatoms. The first kappa shape index (κ1) is 11.4. The van der Waals surface area contributed by atoms with Crippen LogP contribution in [-0.4, -0.2) is 30.8 Å². The van der Waals surface area contributed by atoms with Gasteiger partial charge in [0.05, 0.1) is 0 Å². The number of aliphatic hydroxyl groups excluding tert-OH is 1. The molecule has 0 radical (unpaired) electrons. The summed E-state index contributed by atoms with van der Waals surface area (Å²) in [7, 11) is 0. The number of carbonyl (C=O) groups excluding carboxylic acids is 1. The van der Waals surface area contributed by atoms with Gasteiger partial charge in [-0.1, -0.05) is 0 Å². The minimum Gasteiger partial charge on any atom is -0.396 e. The summed E-state index contributed by atoms with van der Waals surface area (Å²) < 4.78 is 5.17. The highest BCUT2D eigenvalue weighted by atomic mass is 16.5. The van der Waals surface area contributed by atoms with Gasteiger partial charge in [-0.15, -0.1) is 0 Å². The number of unbranched alkanes of at least 4 members (excludes halogenated alkanes) is 1. The van der Waals surface area contributed by atoms with Crippen LogP contribution in [0.2, 0.25) is 0 Å². The molecule has 4 nitrogen and oxygen atoms in total. The third-order valence-corrected chi connectivity index (χ3v) is 1.41. The number of primary amides is 1. The van der Waals surface area contributed by atoms with E-state index in [0.717, 1.165) is 12.8 Å². The zero-order valence-corrected chi connectivity index (χ0v) is 7.29. The fourth-order valence-electron chi connectivity index (χ4n) is 0.766. The van der Waals surface area contributed by atoms with Gasteiger partial charge in [-0.05, 0) is 19.3 Å². The predicted octanol–water partition coefficient (Wildman–Crippen LogP) is 0.0410. The Balaban J connectivity index is 2.86. The highest BCUT2D eigenvalue weighted by Gasteiger charge is 1.93. The van der Waals surface area contributed by atoms with E-state index in [0.29, 0.717) is 26.1 Å². The molecule has 1 amide bonds. The molecule has 12 heavy (non-hydrogen) atoms. The van der Waals surface area contributed by atoms with E-state index >= 15 is 0 Å². The minimum atomic E-state index is -0.283. The maximum absolute atomic E-state index is 10.3. The maximum atomic E-state index is 10.3. The molecule has 72 valence electrons. The summed E-state index contributed by atoms with van der Waals surface area (Å²) in [4.78, 5) is 10.3. The van der Waals surface area contributed by atoms with Crippen molar-refractivity contribution in [2.75, 3.05) is 19.8 Å². The van der Waals surface area contributed by atoms with Crippen molar-refractivity contribution < 1.29 is 14.6 Å². The van der Waals surface area contributed by atoms with E-state index in [4.69, 9.17) is 15.6 Å². The van der Waals surface area contributed by atoms with Crippen molar-refractivity contribution in [3.8, 4) is 0 Å². The second-order valence-corrected chi connectivity index (χ2v) is 2.61. The number of amides is 1. The van der Waals surface area contributed by atoms with Gasteiger partial charge in [0.25, 0.3) is 0 Å². The molecular weight excluding hydrogens is 158 g/mol. The SMILES string of the molecule is NC(=O)CCCOCCCCO. The topological polar surface area (TPSA) is 72.6 Å². The Morgan fingerprint density at radius 1 is 1.25 bits per heavy atom. The lowest BCUT2D eigenvalue weighted by Crippen LogP contribution is -2.11. The zero-order valence-electron chi connectivity index (χ0n) is 7.29. The summed E-state index contributed by atoms with van der Waals surface area (Å²) in [5.74, 6) is -0.283. The zero-order chi connectivity index (χ0) is 9.23. The molecule has 0 aromatic heterocycles. The summed E-state index contributed by atoms with van der Waals surface area (Å²) in [6.07, 6.45) is 2.72. The quantitative estimate of drug-likeness (QED) is 0.512. The Bertz CT molecular complexity index is 117. The lowest BCUT2D eigenvalue weighted by atomic mass is 10.3. The summed E-state index contributed by atoms with van der Waals surface area (Å²) in [6, 6.07) is 0. The van der Waals surface area contributed by atoms with Gasteiger partial charge in [-0.2, -0.15) is 0 Å². The molecule has 0 fully saturated rings. The highest BCUT2D eigenvalue weighted by molar-refractivity contribution is 5.73. The fourth-order valence-corrected chi connectivity index (χ4v) is 0.766. The van der Waals surface area contributed by atoms with E-state index in [9.17, 15) is 4.79 Å². The maximum Gasteiger partial charge on any atom is 0.217 e. The molecule has 0 aliphatic heterocycles. The van der Waals surface area contributed by atoms with Crippen molar-refractivity contribution in [1.29, 1.82) is 0 Å². The number of rotatable bonds is 8. The van der Waals surface area contributed by atoms with Crippen LogP contribution in [0.4, 0.5) is 0 Å². The first-order valence-electron chi connectivity index (χ1n) is 4.24. The molecule has 0 aliphatic carbocycles. The van der Waals surface area contributed by atoms with Crippen LogP contribution in [0, 0.1) is 0 Å². The van der Waals surface area contributed by atoms with Crippen LogP contribution in [0.1, 0.15) is 25.7 Å². The third kappa shape index (κ3) is 9.39. The number of aliphatic hydroxyl groups is 1. The van der Waals surface area contributed by atoms with Crippen molar-refractivity contribution in [3.63, 3.8) is 0 Å². The Kier molecular flexibility index (Phi) is 8.05. The summed E-state index contributed by atoms with van der Waals surface area (Å²) in [6.45, 7) is 1.44. The molecule has 0 unspecified atom stereocenters. The highest BCUT2D eigenvalue weighted by Crippen LogP contribution is 1.92. The van der Waals surface area contributed by atoms with Crippen LogP contribution in [0.25, 0.3) is 0 Å². The van der Waals surface area contributed by atoms with Crippen molar-refractivity contribution >= 4 is 5.91 Å². The van der Waals surface area contributed by atoms with Crippen LogP contribution in [0.3, 0.4) is 0 Å². The third-order valence-electron chi connectivity index (χ3n) is 1.41. The molecule has 3 N–H and O–H groups in total. The first-order chi connectivity index (χ1) is 5.77. The monoisotopic (exact) mass is 175 g/mol. The van der Waals surface area contributed by atoms with Crippen LogP contribution >= 0.6 is 0 Å². The first-order valence-corrected chi connectivity index (χ1v) is 4.24. The molecular formula is C8H17NO3. The van der Waals surface area contributed by atoms with E-state index in [-0.39, 0.29) is 12.5 Å². The van der Waals surface area contributed by atoms with Gasteiger partial charge in [0, 0.05) is 26.2 Å². The number of nitrogens with two attached hydrogens (primary N) is 1. The number of ether oxygens (including phenoxy) is 1. The number of hydrogen-bond donors (Lipinski definition) is 2. The van der Waals surface area contributed by atoms with E-state index in [1.54, 1.807) is 0 Å². The summed E-state index contributed by atoms with van der Waals surface area (Å²) in [5, 5.41) is 8.42. The molecule has 0 saturated carbocycles. The van der Waals surface area contributed by atoms with Gasteiger partial charge in [-0.25, -0.2) is 0 Å². The molecule has 0 rings (SSSR count). The van der Waals surface area contributed by atoms with Gasteiger partial charge in [0.15, 0.2) is 0 Å². The standard InChI is InChI=1S/C8H17NO3/c9-8(11)4-3-7-12-6-2-1-5-10/h10H,1-7H2,(H2,9,11). The van der Waals surface area contributed by atoms with Gasteiger partial charge in [0.2, 0.25) is 5.91 Å².